The minimum Gasteiger partial charge on any atom is -0.480 e. The molecule has 1 unspecified atom stereocenters. The van der Waals surface area contributed by atoms with Crippen LogP contribution < -0.4 is 10.1 Å². The van der Waals surface area contributed by atoms with Crippen LogP contribution in [0.25, 0.3) is 0 Å². The zero-order valence-corrected chi connectivity index (χ0v) is 12.5. The Labute approximate surface area is 115 Å². The van der Waals surface area contributed by atoms with E-state index in [2.05, 4.69) is 45.1 Å². The summed E-state index contributed by atoms with van der Waals surface area (Å²) >= 11 is 3.34. The Morgan fingerprint density at radius 3 is 3.00 bits per heavy atom. The molecule has 1 saturated heterocycles. The Morgan fingerprint density at radius 1 is 1.56 bits per heavy atom. The maximum Gasteiger partial charge on any atom is 0.232 e. The number of methoxy groups -OCH3 is 1. The molecule has 0 aromatic carbocycles. The van der Waals surface area contributed by atoms with Crippen LogP contribution in [0.2, 0.25) is 0 Å². The van der Waals surface area contributed by atoms with E-state index in [9.17, 15) is 0 Å². The summed E-state index contributed by atoms with van der Waals surface area (Å²) in [5, 5.41) is 3.34. The first-order valence-electron chi connectivity index (χ1n) is 5.97. The van der Waals surface area contributed by atoms with Gasteiger partial charge >= 0.3 is 0 Å². The third-order valence-corrected chi connectivity index (χ3v) is 3.48. The van der Waals surface area contributed by atoms with E-state index in [4.69, 9.17) is 9.47 Å². The van der Waals surface area contributed by atoms with Gasteiger partial charge in [-0.2, -0.15) is 4.98 Å². The molecule has 2 rings (SSSR count). The molecule has 1 aliphatic rings. The molecule has 0 saturated carbocycles. The fourth-order valence-corrected chi connectivity index (χ4v) is 2.45. The van der Waals surface area contributed by atoms with E-state index in [-0.39, 0.29) is 5.60 Å². The second-order valence-corrected chi connectivity index (χ2v) is 5.85. The second kappa shape index (κ2) is 5.40. The fourth-order valence-electron chi connectivity index (χ4n) is 2.10. The molecular formula is C12H18BrN3O2. The van der Waals surface area contributed by atoms with Crippen molar-refractivity contribution in [3.63, 3.8) is 0 Å². The summed E-state index contributed by atoms with van der Waals surface area (Å²) in [4.78, 5) is 8.54. The van der Waals surface area contributed by atoms with Crippen molar-refractivity contribution in [1.29, 1.82) is 0 Å². The molecule has 0 spiro atoms. The average molecular weight is 316 g/mol. The summed E-state index contributed by atoms with van der Waals surface area (Å²) in [5.41, 5.74) is -0.0879. The number of nitrogens with one attached hydrogen (secondary N) is 1. The Hall–Kier alpha value is -0.880. The van der Waals surface area contributed by atoms with Gasteiger partial charge in [0.2, 0.25) is 11.8 Å². The lowest BCUT2D eigenvalue weighted by atomic mass is 9.94. The fraction of sp³-hybridized carbons (Fsp3) is 0.667. The maximum atomic E-state index is 5.68. The van der Waals surface area contributed by atoms with E-state index in [1.54, 1.807) is 13.3 Å². The van der Waals surface area contributed by atoms with Crippen LogP contribution in [0.4, 0.5) is 5.95 Å². The van der Waals surface area contributed by atoms with Crippen molar-refractivity contribution in [2.24, 2.45) is 0 Å². The van der Waals surface area contributed by atoms with Gasteiger partial charge in [0.1, 0.15) is 0 Å². The van der Waals surface area contributed by atoms with Gasteiger partial charge in [-0.15, -0.1) is 0 Å². The highest BCUT2D eigenvalue weighted by molar-refractivity contribution is 9.10. The predicted molar refractivity (Wildman–Crippen MR) is 73.0 cm³/mol. The lowest BCUT2D eigenvalue weighted by molar-refractivity contribution is -0.0554. The highest BCUT2D eigenvalue weighted by Gasteiger charge is 2.29. The molecule has 0 radical (unpaired) electrons. The van der Waals surface area contributed by atoms with Crippen LogP contribution in [0.5, 0.6) is 5.88 Å². The quantitative estimate of drug-likeness (QED) is 0.929. The van der Waals surface area contributed by atoms with Crippen LogP contribution in [0, 0.1) is 0 Å². The molecule has 100 valence electrons. The summed E-state index contributed by atoms with van der Waals surface area (Å²) in [7, 11) is 1.59. The lowest BCUT2D eigenvalue weighted by Gasteiger charge is -2.35. The molecule has 0 aliphatic carbocycles. The molecule has 1 aliphatic heterocycles. The summed E-state index contributed by atoms with van der Waals surface area (Å²) < 4.78 is 11.6. The van der Waals surface area contributed by atoms with E-state index in [0.717, 1.165) is 23.9 Å². The van der Waals surface area contributed by atoms with E-state index in [1.165, 1.54) is 0 Å². The van der Waals surface area contributed by atoms with Gasteiger partial charge in [-0.1, -0.05) is 0 Å². The van der Waals surface area contributed by atoms with Crippen molar-refractivity contribution in [2.45, 2.75) is 38.3 Å². The number of halogens is 1. The summed E-state index contributed by atoms with van der Waals surface area (Å²) in [6.45, 7) is 4.96. The van der Waals surface area contributed by atoms with Crippen LogP contribution in [0.3, 0.4) is 0 Å². The number of ether oxygens (including phenoxy) is 2. The molecule has 1 atom stereocenters. The first-order valence-corrected chi connectivity index (χ1v) is 6.76. The second-order valence-electron chi connectivity index (χ2n) is 4.99. The van der Waals surface area contributed by atoms with Crippen LogP contribution in [0.1, 0.15) is 26.7 Å². The molecule has 18 heavy (non-hydrogen) atoms. The Morgan fingerprint density at radius 2 is 2.33 bits per heavy atom. The van der Waals surface area contributed by atoms with Gasteiger partial charge < -0.3 is 14.8 Å². The van der Waals surface area contributed by atoms with Crippen LogP contribution >= 0.6 is 15.9 Å². The van der Waals surface area contributed by atoms with E-state index < -0.39 is 0 Å². The molecule has 5 nitrogen and oxygen atoms in total. The SMILES string of the molecule is COc1nc(NC2CCOC(C)(C)C2)ncc1Br. The predicted octanol–water partition coefficient (Wildman–Crippen LogP) is 2.62. The van der Waals surface area contributed by atoms with Crippen molar-refractivity contribution < 1.29 is 9.47 Å². The first kappa shape index (κ1) is 13.5. The zero-order valence-electron chi connectivity index (χ0n) is 10.9. The van der Waals surface area contributed by atoms with Crippen molar-refractivity contribution in [3.05, 3.63) is 10.7 Å². The zero-order chi connectivity index (χ0) is 13.2. The monoisotopic (exact) mass is 315 g/mol. The van der Waals surface area contributed by atoms with Gasteiger partial charge in [0.25, 0.3) is 0 Å². The number of hydrogen-bond donors (Lipinski definition) is 1. The van der Waals surface area contributed by atoms with Gasteiger partial charge in [-0.05, 0) is 42.6 Å². The average Bonchev–Trinajstić information content (AvgIpc) is 2.30. The van der Waals surface area contributed by atoms with Gasteiger partial charge in [0, 0.05) is 12.6 Å². The summed E-state index contributed by atoms with van der Waals surface area (Å²) in [6.07, 6.45) is 3.60. The van der Waals surface area contributed by atoms with Crippen molar-refractivity contribution >= 4 is 21.9 Å². The molecule has 1 aromatic rings. The van der Waals surface area contributed by atoms with Gasteiger partial charge in [0.05, 0.1) is 23.4 Å². The van der Waals surface area contributed by atoms with E-state index >= 15 is 0 Å². The minimum atomic E-state index is -0.0879. The third-order valence-electron chi connectivity index (χ3n) is 2.94. The molecule has 0 amide bonds. The maximum absolute atomic E-state index is 5.68. The molecule has 1 fully saturated rings. The van der Waals surface area contributed by atoms with Gasteiger partial charge in [-0.25, -0.2) is 4.98 Å². The topological polar surface area (TPSA) is 56.3 Å². The lowest BCUT2D eigenvalue weighted by Crippen LogP contribution is -2.40. The Kier molecular flexibility index (Phi) is 4.07. The number of hydrogen-bond acceptors (Lipinski definition) is 5. The Balaban J connectivity index is 2.05. The largest absolute Gasteiger partial charge is 0.480 e. The normalized spacial score (nSPS) is 22.6. The minimum absolute atomic E-state index is 0.0879. The molecule has 1 aromatic heterocycles. The van der Waals surface area contributed by atoms with Crippen LogP contribution in [0.15, 0.2) is 10.7 Å². The van der Waals surface area contributed by atoms with E-state index in [0.29, 0.717) is 17.9 Å². The Bertz CT molecular complexity index is 426. The van der Waals surface area contributed by atoms with Crippen molar-refractivity contribution in [3.8, 4) is 5.88 Å². The molecular weight excluding hydrogens is 298 g/mol. The van der Waals surface area contributed by atoms with Gasteiger partial charge in [-0.3, -0.25) is 0 Å². The summed E-state index contributed by atoms with van der Waals surface area (Å²) in [5.74, 6) is 1.14. The third kappa shape index (κ3) is 3.32. The summed E-state index contributed by atoms with van der Waals surface area (Å²) in [6, 6.07) is 0.333. The van der Waals surface area contributed by atoms with Crippen LogP contribution in [-0.4, -0.2) is 35.3 Å². The standard InChI is InChI=1S/C12H18BrN3O2/c1-12(2)6-8(4-5-18-12)15-11-14-7-9(13)10(16-11)17-3/h7-8H,4-6H2,1-3H3,(H,14,15,16). The molecule has 2 heterocycles. The first-order chi connectivity index (χ1) is 8.50. The number of rotatable bonds is 3. The highest BCUT2D eigenvalue weighted by Crippen LogP contribution is 2.27. The van der Waals surface area contributed by atoms with Crippen LogP contribution in [-0.2, 0) is 4.74 Å². The highest BCUT2D eigenvalue weighted by atomic mass is 79.9. The molecule has 6 heteroatoms. The number of anilines is 1. The smallest absolute Gasteiger partial charge is 0.232 e. The molecule has 0 bridgehead atoms. The number of aromatic nitrogens is 2. The molecule has 1 N–H and O–H groups in total. The van der Waals surface area contributed by atoms with Gasteiger partial charge in [0.15, 0.2) is 0 Å². The van der Waals surface area contributed by atoms with E-state index in [1.807, 2.05) is 0 Å². The number of nitrogens with zero attached hydrogens (tertiary/aromatic N) is 2. The van der Waals surface area contributed by atoms with Crippen molar-refractivity contribution in [1.82, 2.24) is 9.97 Å². The van der Waals surface area contributed by atoms with Crippen molar-refractivity contribution in [2.75, 3.05) is 19.0 Å².